The molecule has 18 heavy (non-hydrogen) atoms. The summed E-state index contributed by atoms with van der Waals surface area (Å²) in [6.07, 6.45) is 1.42. The van der Waals surface area contributed by atoms with E-state index in [-0.39, 0.29) is 11.7 Å². The third-order valence-electron chi connectivity index (χ3n) is 3.28. The molecule has 3 nitrogen and oxygen atoms in total. The van der Waals surface area contributed by atoms with Crippen LogP contribution < -0.4 is 4.90 Å². The molecule has 0 bridgehead atoms. The van der Waals surface area contributed by atoms with Gasteiger partial charge in [-0.25, -0.2) is 0 Å². The van der Waals surface area contributed by atoms with Crippen molar-refractivity contribution in [2.45, 2.75) is 32.1 Å². The van der Waals surface area contributed by atoms with Crippen molar-refractivity contribution in [1.29, 1.82) is 0 Å². The van der Waals surface area contributed by atoms with Crippen LogP contribution in [-0.4, -0.2) is 23.6 Å². The Labute approximate surface area is 112 Å². The molecule has 1 heterocycles. The number of hydrogen-bond acceptors (Lipinski definition) is 2. The van der Waals surface area contributed by atoms with Crippen molar-refractivity contribution in [1.82, 2.24) is 0 Å². The number of fused-ring (bicyclic) bond motifs is 1. The summed E-state index contributed by atoms with van der Waals surface area (Å²) >= 11 is 5.97. The van der Waals surface area contributed by atoms with E-state index in [0.717, 1.165) is 17.7 Å². The van der Waals surface area contributed by atoms with Gasteiger partial charge in [-0.15, -0.1) is 11.6 Å². The van der Waals surface area contributed by atoms with Gasteiger partial charge in [0.25, 0.3) is 0 Å². The zero-order chi connectivity index (χ0) is 13.3. The molecular weight excluding hydrogens is 250 g/mol. The molecule has 1 atom stereocenters. The molecule has 1 amide bonds. The third-order valence-corrected chi connectivity index (χ3v) is 3.79. The maximum atomic E-state index is 12.0. The van der Waals surface area contributed by atoms with Gasteiger partial charge in [0.15, 0.2) is 5.78 Å². The fraction of sp³-hybridized carbons (Fsp3) is 0.429. The summed E-state index contributed by atoms with van der Waals surface area (Å²) in [4.78, 5) is 25.1. The normalized spacial score (nSPS) is 15.4. The Morgan fingerprint density at radius 2 is 2.17 bits per heavy atom. The first-order valence-corrected chi connectivity index (χ1v) is 6.57. The highest BCUT2D eigenvalue weighted by Gasteiger charge is 2.24. The lowest BCUT2D eigenvalue weighted by Gasteiger charge is -2.15. The first-order chi connectivity index (χ1) is 8.54. The van der Waals surface area contributed by atoms with Crippen LogP contribution in [0, 0.1) is 0 Å². The highest BCUT2D eigenvalue weighted by atomic mass is 35.5. The molecule has 1 aromatic carbocycles. The maximum Gasteiger partial charge on any atom is 0.223 e. The van der Waals surface area contributed by atoms with Crippen LogP contribution in [0.4, 0.5) is 5.69 Å². The van der Waals surface area contributed by atoms with Crippen LogP contribution >= 0.6 is 11.6 Å². The Balaban J connectivity index is 2.30. The van der Waals surface area contributed by atoms with Gasteiger partial charge in [-0.05, 0) is 36.6 Å². The number of alkyl halides is 1. The SMILES string of the molecule is CCC(Cl)C(=O)c1ccc2c(c1)CCN2C(C)=O. The van der Waals surface area contributed by atoms with Crippen molar-refractivity contribution in [3.05, 3.63) is 29.3 Å². The molecule has 0 aromatic heterocycles. The summed E-state index contributed by atoms with van der Waals surface area (Å²) < 4.78 is 0. The summed E-state index contributed by atoms with van der Waals surface area (Å²) in [6, 6.07) is 5.47. The van der Waals surface area contributed by atoms with Crippen molar-refractivity contribution < 1.29 is 9.59 Å². The first kappa shape index (κ1) is 13.1. The van der Waals surface area contributed by atoms with Crippen molar-refractivity contribution in [3.63, 3.8) is 0 Å². The molecule has 1 aliphatic heterocycles. The number of hydrogen-bond donors (Lipinski definition) is 0. The molecule has 0 spiro atoms. The van der Waals surface area contributed by atoms with Gasteiger partial charge in [-0.3, -0.25) is 9.59 Å². The van der Waals surface area contributed by atoms with E-state index in [1.165, 1.54) is 0 Å². The number of carbonyl (C=O) groups is 2. The fourth-order valence-corrected chi connectivity index (χ4v) is 2.37. The van der Waals surface area contributed by atoms with Gasteiger partial charge in [0.05, 0.1) is 5.38 Å². The second-order valence-corrected chi connectivity index (χ2v) is 5.03. The number of carbonyl (C=O) groups excluding carboxylic acids is 2. The van der Waals surface area contributed by atoms with Crippen LogP contribution in [0.5, 0.6) is 0 Å². The number of nitrogens with zero attached hydrogens (tertiary/aromatic N) is 1. The van der Waals surface area contributed by atoms with E-state index in [1.807, 2.05) is 19.1 Å². The molecule has 0 saturated heterocycles. The average Bonchev–Trinajstić information content (AvgIpc) is 2.79. The van der Waals surface area contributed by atoms with Gasteiger partial charge in [-0.2, -0.15) is 0 Å². The molecule has 0 radical (unpaired) electrons. The van der Waals surface area contributed by atoms with Crippen LogP contribution in [0.25, 0.3) is 0 Å². The average molecular weight is 266 g/mol. The molecule has 0 fully saturated rings. The van der Waals surface area contributed by atoms with E-state index in [2.05, 4.69) is 0 Å². The molecule has 0 aliphatic carbocycles. The monoisotopic (exact) mass is 265 g/mol. The van der Waals surface area contributed by atoms with Gasteiger partial charge < -0.3 is 4.90 Å². The molecule has 0 saturated carbocycles. The van der Waals surface area contributed by atoms with Gasteiger partial charge >= 0.3 is 0 Å². The highest BCUT2D eigenvalue weighted by molar-refractivity contribution is 6.33. The maximum absolute atomic E-state index is 12.0. The predicted molar refractivity (Wildman–Crippen MR) is 72.4 cm³/mol. The molecule has 96 valence electrons. The zero-order valence-electron chi connectivity index (χ0n) is 10.6. The van der Waals surface area contributed by atoms with Gasteiger partial charge in [0, 0.05) is 24.7 Å². The van der Waals surface area contributed by atoms with Gasteiger partial charge in [-0.1, -0.05) is 6.92 Å². The Bertz CT molecular complexity index is 499. The predicted octanol–water partition coefficient (Wildman–Crippen LogP) is 2.80. The lowest BCUT2D eigenvalue weighted by atomic mass is 10.0. The van der Waals surface area contributed by atoms with Crippen molar-refractivity contribution in [2.24, 2.45) is 0 Å². The minimum absolute atomic E-state index is 0.0385. The summed E-state index contributed by atoms with van der Waals surface area (Å²) in [5, 5.41) is -0.464. The van der Waals surface area contributed by atoms with E-state index in [0.29, 0.717) is 18.5 Å². The number of rotatable bonds is 3. The smallest absolute Gasteiger partial charge is 0.223 e. The zero-order valence-corrected chi connectivity index (χ0v) is 11.3. The fourth-order valence-electron chi connectivity index (χ4n) is 2.25. The molecule has 0 N–H and O–H groups in total. The van der Waals surface area contributed by atoms with Crippen LogP contribution in [0.2, 0.25) is 0 Å². The van der Waals surface area contributed by atoms with Gasteiger partial charge in [0.2, 0.25) is 5.91 Å². The van der Waals surface area contributed by atoms with E-state index < -0.39 is 5.38 Å². The minimum Gasteiger partial charge on any atom is -0.312 e. The number of halogens is 1. The number of Topliss-reactive ketones (excluding diaryl/α,β-unsaturated/α-hetero) is 1. The molecular formula is C14H16ClNO2. The largest absolute Gasteiger partial charge is 0.312 e. The lowest BCUT2D eigenvalue weighted by molar-refractivity contribution is -0.116. The van der Waals surface area contributed by atoms with Gasteiger partial charge in [0.1, 0.15) is 0 Å². The van der Waals surface area contributed by atoms with Crippen LogP contribution in [-0.2, 0) is 11.2 Å². The Morgan fingerprint density at radius 1 is 1.44 bits per heavy atom. The number of amides is 1. The van der Waals surface area contributed by atoms with E-state index in [4.69, 9.17) is 11.6 Å². The number of anilines is 1. The topological polar surface area (TPSA) is 37.4 Å². The Morgan fingerprint density at radius 3 is 2.78 bits per heavy atom. The van der Waals surface area contributed by atoms with Crippen molar-refractivity contribution in [2.75, 3.05) is 11.4 Å². The van der Waals surface area contributed by atoms with E-state index in [9.17, 15) is 9.59 Å². The summed E-state index contributed by atoms with van der Waals surface area (Å²) in [5.74, 6) is -0.000142. The molecule has 1 aliphatic rings. The highest BCUT2D eigenvalue weighted by Crippen LogP contribution is 2.29. The van der Waals surface area contributed by atoms with E-state index in [1.54, 1.807) is 17.9 Å². The van der Waals surface area contributed by atoms with Crippen LogP contribution in [0.3, 0.4) is 0 Å². The van der Waals surface area contributed by atoms with Crippen molar-refractivity contribution in [3.8, 4) is 0 Å². The Hall–Kier alpha value is -1.35. The number of ketones is 1. The standard InChI is InChI=1S/C14H16ClNO2/c1-3-12(15)14(18)11-4-5-13-10(8-11)6-7-16(13)9(2)17/h4-5,8,12H,3,6-7H2,1-2H3. The van der Waals surface area contributed by atoms with E-state index >= 15 is 0 Å². The summed E-state index contributed by atoms with van der Waals surface area (Å²) in [5.41, 5.74) is 2.61. The second-order valence-electron chi connectivity index (χ2n) is 4.50. The molecule has 1 aromatic rings. The quantitative estimate of drug-likeness (QED) is 0.623. The Kier molecular flexibility index (Phi) is 3.71. The molecule has 1 unspecified atom stereocenters. The second kappa shape index (κ2) is 5.11. The number of benzene rings is 1. The first-order valence-electron chi connectivity index (χ1n) is 6.14. The van der Waals surface area contributed by atoms with Crippen molar-refractivity contribution >= 4 is 29.0 Å². The minimum atomic E-state index is -0.464. The lowest BCUT2D eigenvalue weighted by Crippen LogP contribution is -2.25. The molecule has 2 rings (SSSR count). The van der Waals surface area contributed by atoms with Crippen LogP contribution in [0.15, 0.2) is 18.2 Å². The molecule has 4 heteroatoms. The summed E-state index contributed by atoms with van der Waals surface area (Å²) in [7, 11) is 0. The summed E-state index contributed by atoms with van der Waals surface area (Å²) in [6.45, 7) is 4.14. The third kappa shape index (κ3) is 2.27. The van der Waals surface area contributed by atoms with Crippen LogP contribution in [0.1, 0.15) is 36.2 Å².